The Morgan fingerprint density at radius 3 is 1.51 bits per heavy atom. The lowest BCUT2D eigenvalue weighted by Crippen LogP contribution is -2.04. The first kappa shape index (κ1) is 38.2. The van der Waals surface area contributed by atoms with Gasteiger partial charge in [0.2, 0.25) is 0 Å². The van der Waals surface area contributed by atoms with Crippen molar-refractivity contribution in [1.82, 2.24) is 19.5 Å². The molecule has 0 saturated heterocycles. The second kappa shape index (κ2) is 14.8. The van der Waals surface area contributed by atoms with E-state index in [0.717, 1.165) is 92.7 Å². The Bertz CT molecular complexity index is 4510. The fourth-order valence-corrected chi connectivity index (χ4v) is 11.8. The van der Waals surface area contributed by atoms with E-state index in [-0.39, 0.29) is 0 Å². The zero-order valence-electron chi connectivity index (χ0n) is 36.9. The molecule has 69 heavy (non-hydrogen) atoms. The van der Waals surface area contributed by atoms with Gasteiger partial charge >= 0.3 is 0 Å². The Morgan fingerprint density at radius 2 is 0.826 bits per heavy atom. The van der Waals surface area contributed by atoms with Gasteiger partial charge in [-0.15, -0.1) is 11.3 Å². The Balaban J connectivity index is 1.07. The third-order valence-electron chi connectivity index (χ3n) is 14.0. The van der Waals surface area contributed by atoms with E-state index in [1.165, 1.54) is 37.0 Å². The average molecular weight is 897 g/mol. The minimum atomic E-state index is 0.573. The van der Waals surface area contributed by atoms with Crippen LogP contribution in [0.25, 0.3) is 147 Å². The van der Waals surface area contributed by atoms with Crippen molar-refractivity contribution in [2.24, 2.45) is 0 Å². The Morgan fingerprint density at radius 1 is 0.333 bits per heavy atom. The van der Waals surface area contributed by atoms with E-state index in [4.69, 9.17) is 19.4 Å². The summed E-state index contributed by atoms with van der Waals surface area (Å²) in [6, 6.07) is 78.1. The molecule has 4 aromatic heterocycles. The van der Waals surface area contributed by atoms with Crippen LogP contribution >= 0.6 is 11.3 Å². The number of hydrogen-bond acceptors (Lipinski definition) is 5. The van der Waals surface area contributed by atoms with Crippen molar-refractivity contribution in [3.05, 3.63) is 218 Å². The molecular weight excluding hydrogens is 861 g/mol. The lowest BCUT2D eigenvalue weighted by atomic mass is 10.0. The van der Waals surface area contributed by atoms with Gasteiger partial charge in [-0.25, -0.2) is 15.0 Å². The predicted octanol–water partition coefficient (Wildman–Crippen LogP) is 17.4. The summed E-state index contributed by atoms with van der Waals surface area (Å²) in [4.78, 5) is 16.5. The number of fused-ring (bicyclic) bond motifs is 12. The molecule has 15 rings (SSSR count). The molecule has 0 unspecified atom stereocenters. The van der Waals surface area contributed by atoms with Gasteiger partial charge in [-0.3, -0.25) is 0 Å². The van der Waals surface area contributed by atoms with Gasteiger partial charge in [0.05, 0.1) is 16.7 Å². The zero-order chi connectivity index (χ0) is 45.2. The van der Waals surface area contributed by atoms with Crippen molar-refractivity contribution < 1.29 is 4.42 Å². The van der Waals surface area contributed by atoms with Gasteiger partial charge in [-0.1, -0.05) is 158 Å². The molecule has 0 saturated carbocycles. The molecule has 0 bridgehead atoms. The molecule has 11 aromatic carbocycles. The van der Waals surface area contributed by atoms with Gasteiger partial charge in [0, 0.05) is 64.5 Å². The van der Waals surface area contributed by atoms with Crippen LogP contribution in [0.2, 0.25) is 0 Å². The third kappa shape index (κ3) is 5.99. The highest BCUT2D eigenvalue weighted by atomic mass is 32.1. The van der Waals surface area contributed by atoms with Crippen molar-refractivity contribution in [2.45, 2.75) is 0 Å². The Hall–Kier alpha value is -8.97. The number of aromatic nitrogens is 4. The summed E-state index contributed by atoms with van der Waals surface area (Å²) < 4.78 is 11.7. The first-order chi connectivity index (χ1) is 34.1. The maximum absolute atomic E-state index is 6.90. The van der Waals surface area contributed by atoms with E-state index in [1.54, 1.807) is 11.3 Å². The van der Waals surface area contributed by atoms with Crippen LogP contribution in [-0.2, 0) is 0 Å². The zero-order valence-corrected chi connectivity index (χ0v) is 37.7. The first-order valence-corrected chi connectivity index (χ1v) is 24.0. The quantitative estimate of drug-likeness (QED) is 0.173. The standard InChI is InChI=1S/C63H36N4OS/c1-2-13-37(14-3-1)38-25-27-39(28-26-38)61-64-62(48-23-12-22-47-46-21-10-11-24-59(46)69-60(47)48)66-63(65-61)53-35-52-51-31-42-17-6-9-20-45(42)34-57(51)68-58(52)36-56(53)67-54-32-43-18-7-4-15-40(43)29-49(54)50-30-41-16-5-8-19-44(41)33-55(50)67/h1-36H. The van der Waals surface area contributed by atoms with Gasteiger partial charge in [-0.2, -0.15) is 0 Å². The van der Waals surface area contributed by atoms with E-state index in [2.05, 4.69) is 217 Å². The highest BCUT2D eigenvalue weighted by Crippen LogP contribution is 2.44. The maximum Gasteiger partial charge on any atom is 0.166 e. The van der Waals surface area contributed by atoms with E-state index in [9.17, 15) is 0 Å². The lowest BCUT2D eigenvalue weighted by Gasteiger charge is -2.16. The predicted molar refractivity (Wildman–Crippen MR) is 289 cm³/mol. The molecule has 0 amide bonds. The van der Waals surface area contributed by atoms with Crippen LogP contribution in [0, 0.1) is 0 Å². The SMILES string of the molecule is c1ccc(-c2ccc(-c3nc(-c4cc5c(cc4-n4c6cc7ccccc7cc6c6cc7ccccc7cc64)oc4cc6ccccc6cc45)nc(-c4cccc5c4sc4ccccc45)n3)cc2)cc1. The maximum atomic E-state index is 6.90. The second-order valence-corrected chi connectivity index (χ2v) is 19.0. The molecular formula is C63H36N4OS. The van der Waals surface area contributed by atoms with Gasteiger partial charge < -0.3 is 8.98 Å². The first-order valence-electron chi connectivity index (χ1n) is 23.2. The molecule has 0 aliphatic heterocycles. The number of hydrogen-bond donors (Lipinski definition) is 0. The van der Waals surface area contributed by atoms with Crippen LogP contribution < -0.4 is 0 Å². The minimum Gasteiger partial charge on any atom is -0.456 e. The molecule has 15 aromatic rings. The summed E-state index contributed by atoms with van der Waals surface area (Å²) in [5.74, 6) is 1.79. The van der Waals surface area contributed by atoms with Crippen LogP contribution in [0.1, 0.15) is 0 Å². The van der Waals surface area contributed by atoms with Crippen LogP contribution in [0.5, 0.6) is 0 Å². The van der Waals surface area contributed by atoms with Gasteiger partial charge in [-0.05, 0) is 98.0 Å². The van der Waals surface area contributed by atoms with Gasteiger partial charge in [0.15, 0.2) is 17.5 Å². The van der Waals surface area contributed by atoms with Crippen molar-refractivity contribution >= 4 is 108 Å². The molecule has 4 heterocycles. The van der Waals surface area contributed by atoms with Crippen LogP contribution in [0.15, 0.2) is 223 Å². The number of rotatable bonds is 5. The highest BCUT2D eigenvalue weighted by molar-refractivity contribution is 7.26. The Labute approximate surface area is 398 Å². The lowest BCUT2D eigenvalue weighted by molar-refractivity contribution is 0.669. The van der Waals surface area contributed by atoms with Crippen LogP contribution in [0.4, 0.5) is 0 Å². The Kier molecular flexibility index (Phi) is 8.17. The van der Waals surface area contributed by atoms with Gasteiger partial charge in [0.25, 0.3) is 0 Å². The summed E-state index contributed by atoms with van der Waals surface area (Å²) >= 11 is 1.78. The van der Waals surface area contributed by atoms with Gasteiger partial charge in [0.1, 0.15) is 11.2 Å². The molecule has 0 fully saturated rings. The van der Waals surface area contributed by atoms with Crippen LogP contribution in [-0.4, -0.2) is 19.5 Å². The summed E-state index contributed by atoms with van der Waals surface area (Å²) in [5, 5.41) is 13.8. The summed E-state index contributed by atoms with van der Waals surface area (Å²) in [5.41, 5.74) is 9.73. The third-order valence-corrected chi connectivity index (χ3v) is 15.2. The molecule has 0 atom stereocenters. The van der Waals surface area contributed by atoms with E-state index in [0.29, 0.717) is 17.5 Å². The number of furan rings is 1. The van der Waals surface area contributed by atoms with Crippen LogP contribution in [0.3, 0.4) is 0 Å². The topological polar surface area (TPSA) is 56.7 Å². The monoisotopic (exact) mass is 896 g/mol. The normalized spacial score (nSPS) is 12.1. The second-order valence-electron chi connectivity index (χ2n) is 18.0. The average Bonchev–Trinajstić information content (AvgIpc) is 4.06. The number of thiophene rings is 1. The fraction of sp³-hybridized carbons (Fsp3) is 0. The van der Waals surface area contributed by atoms with E-state index >= 15 is 0 Å². The van der Waals surface area contributed by atoms with Crippen molar-refractivity contribution in [2.75, 3.05) is 0 Å². The minimum absolute atomic E-state index is 0.573. The molecule has 320 valence electrons. The molecule has 0 N–H and O–H groups in total. The molecule has 0 radical (unpaired) electrons. The molecule has 5 nitrogen and oxygen atoms in total. The highest BCUT2D eigenvalue weighted by Gasteiger charge is 2.24. The molecule has 0 spiro atoms. The summed E-state index contributed by atoms with van der Waals surface area (Å²) in [7, 11) is 0. The van der Waals surface area contributed by atoms with E-state index in [1.807, 2.05) is 6.07 Å². The summed E-state index contributed by atoms with van der Waals surface area (Å²) in [6.07, 6.45) is 0. The smallest absolute Gasteiger partial charge is 0.166 e. The number of nitrogens with zero attached hydrogens (tertiary/aromatic N) is 4. The van der Waals surface area contributed by atoms with E-state index < -0.39 is 0 Å². The molecule has 6 heteroatoms. The van der Waals surface area contributed by atoms with Crippen molar-refractivity contribution in [1.29, 1.82) is 0 Å². The fourth-order valence-electron chi connectivity index (χ4n) is 10.6. The number of benzene rings is 11. The molecule has 0 aliphatic carbocycles. The van der Waals surface area contributed by atoms with Crippen molar-refractivity contribution in [3.63, 3.8) is 0 Å². The molecule has 0 aliphatic rings. The summed E-state index contributed by atoms with van der Waals surface area (Å²) in [6.45, 7) is 0. The van der Waals surface area contributed by atoms with Crippen molar-refractivity contribution in [3.8, 4) is 51.0 Å². The largest absolute Gasteiger partial charge is 0.456 e.